The molecule has 0 aliphatic rings. The molecule has 0 fully saturated rings. The van der Waals surface area contributed by atoms with Crippen molar-refractivity contribution in [2.24, 2.45) is 0 Å². The van der Waals surface area contributed by atoms with Crippen LogP contribution in [0.2, 0.25) is 0 Å². The first-order chi connectivity index (χ1) is 9.81. The third-order valence-corrected chi connectivity index (χ3v) is 3.71. The number of aromatic amines is 1. The summed E-state index contributed by atoms with van der Waals surface area (Å²) in [5.74, 6) is 0.424. The molecular weight excluding hydrogens is 276 g/mol. The van der Waals surface area contributed by atoms with Gasteiger partial charge in [0.25, 0.3) is 0 Å². The van der Waals surface area contributed by atoms with Crippen LogP contribution in [0.1, 0.15) is 0 Å². The van der Waals surface area contributed by atoms with E-state index < -0.39 is 0 Å². The number of nitrogens with one attached hydrogen (secondary N) is 1. The molecule has 9 heteroatoms. The number of imidazole rings is 2. The largest absolute Gasteiger partial charge is 0.382 e. The van der Waals surface area contributed by atoms with Crippen molar-refractivity contribution in [2.75, 3.05) is 5.73 Å². The minimum absolute atomic E-state index is 0.424. The third-order valence-electron chi connectivity index (χ3n) is 2.74. The molecule has 0 saturated heterocycles. The highest BCUT2D eigenvalue weighted by Crippen LogP contribution is 2.31. The maximum atomic E-state index is 5.80. The molecule has 0 amide bonds. The molecule has 8 nitrogen and oxygen atoms in total. The topological polar surface area (TPSA) is 111 Å². The van der Waals surface area contributed by atoms with Crippen LogP contribution in [0, 0.1) is 0 Å². The molecule has 4 aromatic heterocycles. The van der Waals surface area contributed by atoms with Gasteiger partial charge in [-0.05, 0) is 11.8 Å². The predicted octanol–water partition coefficient (Wildman–Crippen LogP) is 1.13. The highest BCUT2D eigenvalue weighted by molar-refractivity contribution is 7.99. The summed E-state index contributed by atoms with van der Waals surface area (Å²) < 4.78 is 1.83. The summed E-state index contributed by atoms with van der Waals surface area (Å²) in [7, 11) is 0. The summed E-state index contributed by atoms with van der Waals surface area (Å²) in [5.41, 5.74) is 7.92. The van der Waals surface area contributed by atoms with Crippen LogP contribution in [0.25, 0.3) is 16.8 Å². The van der Waals surface area contributed by atoms with Crippen molar-refractivity contribution in [3.8, 4) is 0 Å². The molecule has 20 heavy (non-hydrogen) atoms. The first-order valence-electron chi connectivity index (χ1n) is 5.72. The van der Waals surface area contributed by atoms with Crippen LogP contribution >= 0.6 is 11.8 Å². The Hall–Kier alpha value is -2.68. The van der Waals surface area contributed by atoms with Crippen LogP contribution in [-0.4, -0.2) is 34.3 Å². The van der Waals surface area contributed by atoms with E-state index in [0.29, 0.717) is 16.5 Å². The molecule has 3 N–H and O–H groups in total. The van der Waals surface area contributed by atoms with E-state index in [-0.39, 0.29) is 0 Å². The molecule has 98 valence electrons. The molecular formula is C11H8N8S. The summed E-state index contributed by atoms with van der Waals surface area (Å²) >= 11 is 1.37. The van der Waals surface area contributed by atoms with Crippen LogP contribution in [-0.2, 0) is 0 Å². The lowest BCUT2D eigenvalue weighted by molar-refractivity contribution is 1.03. The van der Waals surface area contributed by atoms with E-state index in [2.05, 4.69) is 29.9 Å². The molecule has 0 aliphatic carbocycles. The number of rotatable bonds is 2. The second kappa shape index (κ2) is 4.17. The minimum Gasteiger partial charge on any atom is -0.382 e. The van der Waals surface area contributed by atoms with Crippen molar-refractivity contribution < 1.29 is 0 Å². The lowest BCUT2D eigenvalue weighted by Gasteiger charge is -2.04. The minimum atomic E-state index is 0.424. The Morgan fingerprint density at radius 2 is 2.10 bits per heavy atom. The van der Waals surface area contributed by atoms with Gasteiger partial charge in [0.15, 0.2) is 11.3 Å². The lowest BCUT2D eigenvalue weighted by Crippen LogP contribution is -1.98. The van der Waals surface area contributed by atoms with Crippen molar-refractivity contribution in [2.45, 2.75) is 10.1 Å². The Morgan fingerprint density at radius 1 is 1.15 bits per heavy atom. The SMILES string of the molecule is Nc1cn2ccnc2c(Sc2ncnc3nc[nH]c23)n1. The zero-order valence-corrected chi connectivity index (χ0v) is 10.9. The van der Waals surface area contributed by atoms with Crippen molar-refractivity contribution in [1.82, 2.24) is 34.3 Å². The highest BCUT2D eigenvalue weighted by Gasteiger charge is 2.12. The first kappa shape index (κ1) is 11.2. The van der Waals surface area contributed by atoms with Gasteiger partial charge in [-0.3, -0.25) is 0 Å². The van der Waals surface area contributed by atoms with Crippen molar-refractivity contribution >= 4 is 34.4 Å². The number of hydrogen-bond donors (Lipinski definition) is 2. The fourth-order valence-corrected chi connectivity index (χ4v) is 2.84. The molecule has 0 unspecified atom stereocenters. The number of fused-ring (bicyclic) bond motifs is 2. The molecule has 4 aromatic rings. The third kappa shape index (κ3) is 1.67. The maximum absolute atomic E-state index is 5.80. The molecule has 0 bridgehead atoms. The van der Waals surface area contributed by atoms with Gasteiger partial charge < -0.3 is 15.1 Å². The first-order valence-corrected chi connectivity index (χ1v) is 6.54. The van der Waals surface area contributed by atoms with E-state index >= 15 is 0 Å². The highest BCUT2D eigenvalue weighted by atomic mass is 32.2. The van der Waals surface area contributed by atoms with Crippen LogP contribution < -0.4 is 5.73 Å². The van der Waals surface area contributed by atoms with E-state index in [0.717, 1.165) is 16.2 Å². The summed E-state index contributed by atoms with van der Waals surface area (Å²) in [6, 6.07) is 0. The van der Waals surface area contributed by atoms with Crippen LogP contribution in [0.3, 0.4) is 0 Å². The van der Waals surface area contributed by atoms with Gasteiger partial charge in [-0.1, -0.05) is 0 Å². The average molecular weight is 284 g/mol. The fraction of sp³-hybridized carbons (Fsp3) is 0. The lowest BCUT2D eigenvalue weighted by atomic mass is 10.6. The number of nitrogens with two attached hydrogens (primary N) is 1. The summed E-state index contributed by atoms with van der Waals surface area (Å²) in [6.45, 7) is 0. The van der Waals surface area contributed by atoms with E-state index in [9.17, 15) is 0 Å². The molecule has 4 heterocycles. The maximum Gasteiger partial charge on any atom is 0.181 e. The fourth-order valence-electron chi connectivity index (χ4n) is 1.90. The number of nitrogen functional groups attached to an aromatic ring is 1. The predicted molar refractivity (Wildman–Crippen MR) is 73.2 cm³/mol. The molecule has 0 aliphatic heterocycles. The quantitative estimate of drug-likeness (QED) is 0.531. The normalized spacial score (nSPS) is 11.4. The summed E-state index contributed by atoms with van der Waals surface area (Å²) in [4.78, 5) is 24.1. The molecule has 0 atom stereocenters. The van der Waals surface area contributed by atoms with Crippen LogP contribution in [0.15, 0.2) is 41.3 Å². The van der Waals surface area contributed by atoms with Gasteiger partial charge in [0.1, 0.15) is 27.7 Å². The Kier molecular flexibility index (Phi) is 2.33. The smallest absolute Gasteiger partial charge is 0.181 e. The van der Waals surface area contributed by atoms with Crippen LogP contribution in [0.5, 0.6) is 0 Å². The van der Waals surface area contributed by atoms with E-state index in [1.807, 2.05) is 10.6 Å². The van der Waals surface area contributed by atoms with E-state index in [1.165, 1.54) is 18.1 Å². The van der Waals surface area contributed by atoms with Crippen molar-refractivity contribution in [3.05, 3.63) is 31.2 Å². The second-order valence-electron chi connectivity index (χ2n) is 4.01. The summed E-state index contributed by atoms with van der Waals surface area (Å²) in [6.07, 6.45) is 8.30. The van der Waals surface area contributed by atoms with Crippen molar-refractivity contribution in [3.63, 3.8) is 0 Å². The van der Waals surface area contributed by atoms with Gasteiger partial charge in [-0.25, -0.2) is 24.9 Å². The van der Waals surface area contributed by atoms with Gasteiger partial charge in [0, 0.05) is 12.4 Å². The number of hydrogen-bond acceptors (Lipinski definition) is 7. The Bertz CT molecular complexity index is 911. The molecule has 4 rings (SSSR count). The monoisotopic (exact) mass is 284 g/mol. The van der Waals surface area contributed by atoms with Crippen LogP contribution in [0.4, 0.5) is 5.82 Å². The zero-order chi connectivity index (χ0) is 13.5. The Labute approximate surface area is 116 Å². The molecule has 0 aromatic carbocycles. The van der Waals surface area contributed by atoms with E-state index in [1.54, 1.807) is 18.7 Å². The average Bonchev–Trinajstić information content (AvgIpc) is 3.06. The molecule has 0 saturated carbocycles. The van der Waals surface area contributed by atoms with Crippen molar-refractivity contribution in [1.29, 1.82) is 0 Å². The molecule has 0 spiro atoms. The second-order valence-corrected chi connectivity index (χ2v) is 4.99. The van der Waals surface area contributed by atoms with Gasteiger partial charge in [-0.2, -0.15) is 0 Å². The zero-order valence-electron chi connectivity index (χ0n) is 10.1. The van der Waals surface area contributed by atoms with Gasteiger partial charge in [-0.15, -0.1) is 0 Å². The Balaban J connectivity index is 1.88. The van der Waals surface area contributed by atoms with Gasteiger partial charge in [0.2, 0.25) is 0 Å². The number of nitrogens with zero attached hydrogens (tertiary/aromatic N) is 6. The van der Waals surface area contributed by atoms with Gasteiger partial charge in [0.05, 0.1) is 12.5 Å². The number of anilines is 1. The summed E-state index contributed by atoms with van der Waals surface area (Å²) in [5, 5.41) is 1.42. The van der Waals surface area contributed by atoms with Gasteiger partial charge >= 0.3 is 0 Å². The Morgan fingerprint density at radius 3 is 3.05 bits per heavy atom. The molecule has 0 radical (unpaired) electrons. The number of aromatic nitrogens is 7. The number of H-pyrrole nitrogens is 1. The standard InChI is InChI=1S/C11H8N8S/c12-6-3-19-2-1-13-9(19)11(18-6)20-10-7-8(15-4-14-7)16-5-17-10/h1-5H,12H2,(H,14,15,16,17). The van der Waals surface area contributed by atoms with E-state index in [4.69, 9.17) is 5.73 Å².